The van der Waals surface area contributed by atoms with Crippen LogP contribution in [0.1, 0.15) is 48.6 Å². The second-order valence-corrected chi connectivity index (χ2v) is 8.12. The second kappa shape index (κ2) is 9.95. The van der Waals surface area contributed by atoms with E-state index in [0.717, 1.165) is 18.2 Å². The summed E-state index contributed by atoms with van der Waals surface area (Å²) in [7, 11) is 0. The van der Waals surface area contributed by atoms with E-state index in [4.69, 9.17) is 15.7 Å². The van der Waals surface area contributed by atoms with Crippen LogP contribution in [0.2, 0.25) is 0 Å². The molecular formula is C24H23F7N2O. The van der Waals surface area contributed by atoms with E-state index >= 15 is 0 Å². The Morgan fingerprint density at radius 3 is 1.79 bits per heavy atom. The van der Waals surface area contributed by atoms with E-state index in [2.05, 4.69) is 0 Å². The SMILES string of the molecule is C/C(C#N)=C(\N)c1cc(CCc2cc(C(C)(F)F)cc(C(C)(F)F)c2)cc(OCC(F)(F)F)c1. The lowest BCUT2D eigenvalue weighted by Crippen LogP contribution is -2.19. The highest BCUT2D eigenvalue weighted by Crippen LogP contribution is 2.35. The van der Waals surface area contributed by atoms with Crippen molar-refractivity contribution in [1.82, 2.24) is 0 Å². The lowest BCUT2D eigenvalue weighted by molar-refractivity contribution is -0.153. The van der Waals surface area contributed by atoms with Crippen LogP contribution in [0.15, 0.2) is 42.0 Å². The van der Waals surface area contributed by atoms with Crippen molar-refractivity contribution in [2.45, 2.75) is 51.6 Å². The third-order valence-electron chi connectivity index (χ3n) is 4.96. The fraction of sp³-hybridized carbons (Fsp3) is 0.375. The van der Waals surface area contributed by atoms with Gasteiger partial charge in [0.2, 0.25) is 0 Å². The summed E-state index contributed by atoms with van der Waals surface area (Å²) in [4.78, 5) is 0. The number of ether oxygens (including phenoxy) is 1. The summed E-state index contributed by atoms with van der Waals surface area (Å²) in [6, 6.07) is 8.93. The molecule has 10 heteroatoms. The van der Waals surface area contributed by atoms with Crippen LogP contribution >= 0.6 is 0 Å². The Balaban J connectivity index is 2.43. The molecule has 0 bridgehead atoms. The minimum Gasteiger partial charge on any atom is -0.484 e. The van der Waals surface area contributed by atoms with Crippen LogP contribution in [-0.4, -0.2) is 12.8 Å². The fourth-order valence-electron chi connectivity index (χ4n) is 3.12. The van der Waals surface area contributed by atoms with Gasteiger partial charge in [0, 0.05) is 36.1 Å². The van der Waals surface area contributed by atoms with Gasteiger partial charge in [0.1, 0.15) is 5.75 Å². The fourth-order valence-corrected chi connectivity index (χ4v) is 3.12. The van der Waals surface area contributed by atoms with E-state index in [1.807, 2.05) is 6.07 Å². The molecule has 2 rings (SSSR count). The van der Waals surface area contributed by atoms with Gasteiger partial charge in [-0.15, -0.1) is 0 Å². The second-order valence-electron chi connectivity index (χ2n) is 8.12. The molecule has 0 unspecified atom stereocenters. The Kier molecular flexibility index (Phi) is 7.91. The maximum Gasteiger partial charge on any atom is 0.422 e. The molecule has 0 spiro atoms. The molecule has 0 saturated carbocycles. The van der Waals surface area contributed by atoms with Crippen molar-refractivity contribution >= 4 is 5.70 Å². The van der Waals surface area contributed by atoms with Crippen molar-refractivity contribution < 1.29 is 35.5 Å². The molecule has 0 aliphatic carbocycles. The van der Waals surface area contributed by atoms with Crippen molar-refractivity contribution in [2.24, 2.45) is 5.73 Å². The number of nitrogens with zero attached hydrogens (tertiary/aromatic N) is 1. The number of benzene rings is 2. The Bertz CT molecular complexity index is 1070. The van der Waals surface area contributed by atoms with Crippen LogP contribution in [0, 0.1) is 11.3 Å². The smallest absolute Gasteiger partial charge is 0.422 e. The zero-order valence-corrected chi connectivity index (χ0v) is 18.7. The molecule has 0 amide bonds. The van der Waals surface area contributed by atoms with Gasteiger partial charge in [0.25, 0.3) is 11.8 Å². The van der Waals surface area contributed by atoms with Gasteiger partial charge in [-0.3, -0.25) is 0 Å². The first-order valence-electron chi connectivity index (χ1n) is 10.1. The van der Waals surface area contributed by atoms with Gasteiger partial charge in [-0.05, 0) is 67.3 Å². The van der Waals surface area contributed by atoms with Crippen molar-refractivity contribution in [3.63, 3.8) is 0 Å². The number of halogens is 7. The quantitative estimate of drug-likeness (QED) is 0.327. The van der Waals surface area contributed by atoms with E-state index in [1.54, 1.807) is 0 Å². The van der Waals surface area contributed by atoms with Crippen molar-refractivity contribution in [3.8, 4) is 11.8 Å². The number of rotatable bonds is 8. The maximum atomic E-state index is 13.9. The Labute approximate surface area is 192 Å². The molecule has 184 valence electrons. The number of alkyl halides is 7. The first-order chi connectivity index (χ1) is 15.5. The molecule has 0 saturated heterocycles. The van der Waals surface area contributed by atoms with Crippen LogP contribution in [0.3, 0.4) is 0 Å². The molecular weight excluding hydrogens is 465 g/mol. The molecule has 2 aromatic rings. The van der Waals surface area contributed by atoms with Gasteiger partial charge in [-0.2, -0.15) is 18.4 Å². The minimum atomic E-state index is -4.59. The molecule has 0 atom stereocenters. The summed E-state index contributed by atoms with van der Waals surface area (Å²) in [5, 5.41) is 9.06. The standard InChI is InChI=1S/C24H23F7N2O/c1-14(12-32)21(33)17-6-15(9-20(10-17)34-13-24(29,30)31)4-5-16-7-18(22(2,25)26)11-19(8-16)23(3,27)28/h6-11H,4-5,13,33H2,1-3H3/b21-14+. The highest BCUT2D eigenvalue weighted by Gasteiger charge is 2.31. The molecule has 2 N–H and O–H groups in total. The number of nitriles is 1. The monoisotopic (exact) mass is 488 g/mol. The first-order valence-corrected chi connectivity index (χ1v) is 10.1. The lowest BCUT2D eigenvalue weighted by atomic mass is 9.95. The Hall–Kier alpha value is -3.22. The summed E-state index contributed by atoms with van der Waals surface area (Å²) >= 11 is 0. The van der Waals surface area contributed by atoms with Crippen molar-refractivity contribution in [1.29, 1.82) is 5.26 Å². The Morgan fingerprint density at radius 2 is 1.35 bits per heavy atom. The molecule has 2 aromatic carbocycles. The molecule has 0 aliphatic rings. The van der Waals surface area contributed by atoms with Gasteiger partial charge >= 0.3 is 6.18 Å². The predicted molar refractivity (Wildman–Crippen MR) is 113 cm³/mol. The van der Waals surface area contributed by atoms with Gasteiger partial charge in [0.05, 0.1) is 11.8 Å². The summed E-state index contributed by atoms with van der Waals surface area (Å²) in [6.45, 7) is 1.08. The van der Waals surface area contributed by atoms with Crippen LogP contribution in [-0.2, 0) is 24.7 Å². The Morgan fingerprint density at radius 1 is 0.853 bits per heavy atom. The highest BCUT2D eigenvalue weighted by atomic mass is 19.4. The number of hydrogen-bond donors (Lipinski definition) is 1. The minimum absolute atomic E-state index is 0.0294. The summed E-state index contributed by atoms with van der Waals surface area (Å²) < 4.78 is 98.0. The molecule has 0 aromatic heterocycles. The molecule has 0 heterocycles. The van der Waals surface area contributed by atoms with Crippen LogP contribution in [0.4, 0.5) is 30.7 Å². The average molecular weight is 488 g/mol. The van der Waals surface area contributed by atoms with E-state index in [9.17, 15) is 30.7 Å². The summed E-state index contributed by atoms with van der Waals surface area (Å²) in [5.41, 5.74) is 5.81. The highest BCUT2D eigenvalue weighted by molar-refractivity contribution is 5.70. The van der Waals surface area contributed by atoms with Crippen LogP contribution in [0.25, 0.3) is 5.70 Å². The van der Waals surface area contributed by atoms with Crippen molar-refractivity contribution in [2.75, 3.05) is 6.61 Å². The van der Waals surface area contributed by atoms with E-state index in [0.29, 0.717) is 19.4 Å². The topological polar surface area (TPSA) is 59.0 Å². The molecule has 0 aliphatic heterocycles. The third kappa shape index (κ3) is 7.68. The van der Waals surface area contributed by atoms with E-state index in [1.165, 1.54) is 25.1 Å². The normalized spacial score (nSPS) is 13.3. The first kappa shape index (κ1) is 27.0. The summed E-state index contributed by atoms with van der Waals surface area (Å²) in [5.74, 6) is -6.85. The van der Waals surface area contributed by atoms with Crippen LogP contribution < -0.4 is 10.5 Å². The lowest BCUT2D eigenvalue weighted by Gasteiger charge is -2.18. The van der Waals surface area contributed by atoms with Crippen LogP contribution in [0.5, 0.6) is 5.75 Å². The van der Waals surface area contributed by atoms with Gasteiger partial charge in [0.15, 0.2) is 6.61 Å². The number of allylic oxidation sites excluding steroid dienone is 1. The molecule has 34 heavy (non-hydrogen) atoms. The zero-order chi connectivity index (χ0) is 25.9. The predicted octanol–water partition coefficient (Wildman–Crippen LogP) is 6.85. The van der Waals surface area contributed by atoms with Gasteiger partial charge in [-0.1, -0.05) is 0 Å². The zero-order valence-electron chi connectivity index (χ0n) is 18.7. The third-order valence-corrected chi connectivity index (χ3v) is 4.96. The molecule has 3 nitrogen and oxygen atoms in total. The van der Waals surface area contributed by atoms with Crippen molar-refractivity contribution in [3.05, 3.63) is 69.8 Å². The number of aryl methyl sites for hydroxylation is 2. The van der Waals surface area contributed by atoms with E-state index in [-0.39, 0.29) is 41.0 Å². The average Bonchev–Trinajstić information content (AvgIpc) is 2.73. The van der Waals surface area contributed by atoms with Gasteiger partial charge in [-0.25, -0.2) is 17.6 Å². The number of hydrogen-bond acceptors (Lipinski definition) is 3. The maximum absolute atomic E-state index is 13.9. The number of nitrogens with two attached hydrogens (primary N) is 1. The molecule has 0 fully saturated rings. The van der Waals surface area contributed by atoms with E-state index < -0.39 is 35.8 Å². The van der Waals surface area contributed by atoms with Gasteiger partial charge < -0.3 is 10.5 Å². The molecule has 0 radical (unpaired) electrons. The largest absolute Gasteiger partial charge is 0.484 e. The summed E-state index contributed by atoms with van der Waals surface area (Å²) in [6.07, 6.45) is -4.45.